The van der Waals surface area contributed by atoms with E-state index in [0.29, 0.717) is 27.9 Å². The van der Waals surface area contributed by atoms with Crippen LogP contribution in [-0.4, -0.2) is 20.7 Å². The highest BCUT2D eigenvalue weighted by molar-refractivity contribution is 6.30. The third-order valence-corrected chi connectivity index (χ3v) is 3.45. The molecule has 0 bridgehead atoms. The number of ether oxygens (including phenoxy) is 1. The molecule has 0 N–H and O–H groups in total. The van der Waals surface area contributed by atoms with Crippen molar-refractivity contribution >= 4 is 17.4 Å². The van der Waals surface area contributed by atoms with Gasteiger partial charge in [-0.15, -0.1) is 0 Å². The van der Waals surface area contributed by atoms with Crippen molar-refractivity contribution in [2.45, 2.75) is 13.3 Å². The van der Waals surface area contributed by atoms with Crippen LogP contribution in [0.4, 0.5) is 4.39 Å². The standard InChI is InChI=1S/C18H13ClFN3O2/c1-11-5-14(25-15-6-12(19)9-21-10-15)8-16(22-11)17(24)7-13-3-2-4-18(20)23-13/h2-6,8-10H,7H2,1H3. The smallest absolute Gasteiger partial charge is 0.213 e. The van der Waals surface area contributed by atoms with Crippen molar-refractivity contribution < 1.29 is 13.9 Å². The van der Waals surface area contributed by atoms with Crippen LogP contribution in [0.3, 0.4) is 0 Å². The molecule has 25 heavy (non-hydrogen) atoms. The van der Waals surface area contributed by atoms with Crippen LogP contribution in [0.5, 0.6) is 11.5 Å². The maximum atomic E-state index is 13.1. The summed E-state index contributed by atoms with van der Waals surface area (Å²) in [6, 6.07) is 9.15. The predicted octanol–water partition coefficient (Wildman–Crippen LogP) is 4.19. The van der Waals surface area contributed by atoms with Gasteiger partial charge in [0, 0.05) is 30.1 Å². The van der Waals surface area contributed by atoms with E-state index in [1.807, 2.05) is 0 Å². The van der Waals surface area contributed by atoms with E-state index >= 15 is 0 Å². The molecule has 3 rings (SSSR count). The molecular weight excluding hydrogens is 345 g/mol. The summed E-state index contributed by atoms with van der Waals surface area (Å²) in [5.74, 6) is -0.0220. The van der Waals surface area contributed by atoms with Gasteiger partial charge in [0.25, 0.3) is 0 Å². The van der Waals surface area contributed by atoms with E-state index in [0.717, 1.165) is 0 Å². The van der Waals surface area contributed by atoms with Crippen LogP contribution in [-0.2, 0) is 6.42 Å². The zero-order valence-electron chi connectivity index (χ0n) is 13.2. The summed E-state index contributed by atoms with van der Waals surface area (Å²) in [6.07, 6.45) is 2.96. The van der Waals surface area contributed by atoms with Gasteiger partial charge in [0.1, 0.15) is 17.2 Å². The van der Waals surface area contributed by atoms with Crippen LogP contribution in [0.15, 0.2) is 48.8 Å². The SMILES string of the molecule is Cc1cc(Oc2cncc(Cl)c2)cc(C(=O)Cc2cccc(F)n2)n1. The number of hydrogen-bond donors (Lipinski definition) is 0. The van der Waals surface area contributed by atoms with Crippen molar-refractivity contribution in [1.82, 2.24) is 15.0 Å². The lowest BCUT2D eigenvalue weighted by Crippen LogP contribution is -2.09. The van der Waals surface area contributed by atoms with Crippen molar-refractivity contribution in [3.8, 4) is 11.5 Å². The first kappa shape index (κ1) is 17.0. The van der Waals surface area contributed by atoms with Crippen LogP contribution in [0, 0.1) is 12.9 Å². The lowest BCUT2D eigenvalue weighted by atomic mass is 10.1. The van der Waals surface area contributed by atoms with Gasteiger partial charge >= 0.3 is 0 Å². The van der Waals surface area contributed by atoms with Crippen LogP contribution in [0.25, 0.3) is 0 Å². The van der Waals surface area contributed by atoms with Crippen LogP contribution < -0.4 is 4.74 Å². The molecule has 0 saturated carbocycles. The molecule has 3 aromatic heterocycles. The van der Waals surface area contributed by atoms with Gasteiger partial charge in [-0.25, -0.2) is 9.97 Å². The Hall–Kier alpha value is -2.86. The summed E-state index contributed by atoms with van der Waals surface area (Å²) in [6.45, 7) is 1.75. The number of rotatable bonds is 5. The minimum atomic E-state index is -0.625. The highest BCUT2D eigenvalue weighted by Crippen LogP contribution is 2.24. The van der Waals surface area contributed by atoms with Gasteiger partial charge in [-0.1, -0.05) is 17.7 Å². The van der Waals surface area contributed by atoms with Crippen LogP contribution in [0.2, 0.25) is 5.02 Å². The Morgan fingerprint density at radius 3 is 2.76 bits per heavy atom. The van der Waals surface area contributed by atoms with Crippen molar-refractivity contribution in [3.63, 3.8) is 0 Å². The molecule has 0 saturated heterocycles. The lowest BCUT2D eigenvalue weighted by Gasteiger charge is -2.08. The zero-order chi connectivity index (χ0) is 17.8. The first-order valence-corrected chi connectivity index (χ1v) is 7.79. The number of carbonyl (C=O) groups is 1. The van der Waals surface area contributed by atoms with Gasteiger partial charge < -0.3 is 4.74 Å². The van der Waals surface area contributed by atoms with Crippen molar-refractivity contribution in [1.29, 1.82) is 0 Å². The molecule has 0 amide bonds. The highest BCUT2D eigenvalue weighted by Gasteiger charge is 2.13. The Morgan fingerprint density at radius 2 is 2.00 bits per heavy atom. The molecule has 5 nitrogen and oxygen atoms in total. The average Bonchev–Trinajstić information content (AvgIpc) is 2.54. The first-order chi connectivity index (χ1) is 12.0. The number of carbonyl (C=O) groups excluding carboxylic acids is 1. The summed E-state index contributed by atoms with van der Waals surface area (Å²) in [5, 5.41) is 0.441. The maximum absolute atomic E-state index is 13.1. The number of aryl methyl sites for hydroxylation is 1. The number of pyridine rings is 3. The van der Waals surface area contributed by atoms with E-state index in [9.17, 15) is 9.18 Å². The van der Waals surface area contributed by atoms with Gasteiger partial charge in [0.05, 0.1) is 23.3 Å². The normalized spacial score (nSPS) is 10.5. The Balaban J connectivity index is 1.82. The minimum Gasteiger partial charge on any atom is -0.456 e. The van der Waals surface area contributed by atoms with E-state index < -0.39 is 5.95 Å². The largest absolute Gasteiger partial charge is 0.456 e. The fraction of sp³-hybridized carbons (Fsp3) is 0.111. The number of ketones is 1. The predicted molar refractivity (Wildman–Crippen MR) is 90.5 cm³/mol. The second kappa shape index (κ2) is 7.36. The second-order valence-corrected chi connectivity index (χ2v) is 5.76. The molecule has 0 atom stereocenters. The zero-order valence-corrected chi connectivity index (χ0v) is 14.0. The summed E-state index contributed by atoms with van der Waals surface area (Å²) in [7, 11) is 0. The Kier molecular flexibility index (Phi) is 5.00. The van der Waals surface area contributed by atoms with Gasteiger partial charge in [-0.05, 0) is 19.1 Å². The second-order valence-electron chi connectivity index (χ2n) is 5.32. The van der Waals surface area contributed by atoms with Crippen molar-refractivity contribution in [2.75, 3.05) is 0 Å². The van der Waals surface area contributed by atoms with Crippen LogP contribution >= 0.6 is 11.6 Å². The number of hydrogen-bond acceptors (Lipinski definition) is 5. The summed E-state index contributed by atoms with van der Waals surface area (Å²) < 4.78 is 18.8. The van der Waals surface area contributed by atoms with E-state index in [4.69, 9.17) is 16.3 Å². The third-order valence-electron chi connectivity index (χ3n) is 3.24. The van der Waals surface area contributed by atoms with E-state index in [1.165, 1.54) is 30.6 Å². The fourth-order valence-electron chi connectivity index (χ4n) is 2.23. The Bertz CT molecular complexity index is 934. The van der Waals surface area contributed by atoms with Crippen molar-refractivity contribution in [2.24, 2.45) is 0 Å². The van der Waals surface area contributed by atoms with E-state index in [2.05, 4.69) is 15.0 Å². The molecule has 3 aromatic rings. The molecule has 0 unspecified atom stereocenters. The summed E-state index contributed by atoms with van der Waals surface area (Å²) >= 11 is 5.88. The quantitative estimate of drug-likeness (QED) is 0.506. The molecular formula is C18H13ClFN3O2. The highest BCUT2D eigenvalue weighted by atomic mass is 35.5. The Labute approximate surface area is 148 Å². The van der Waals surface area contributed by atoms with Crippen LogP contribution in [0.1, 0.15) is 21.9 Å². The van der Waals surface area contributed by atoms with E-state index in [-0.39, 0.29) is 17.9 Å². The topological polar surface area (TPSA) is 65.0 Å². The molecule has 0 aliphatic rings. The van der Waals surface area contributed by atoms with E-state index in [1.54, 1.807) is 25.1 Å². The number of aromatic nitrogens is 3. The van der Waals surface area contributed by atoms with Crippen molar-refractivity contribution in [3.05, 3.63) is 76.8 Å². The van der Waals surface area contributed by atoms with Gasteiger partial charge in [-0.3, -0.25) is 9.78 Å². The summed E-state index contributed by atoms with van der Waals surface area (Å²) in [4.78, 5) is 24.3. The molecule has 3 heterocycles. The van der Waals surface area contributed by atoms with Gasteiger partial charge in [0.2, 0.25) is 5.95 Å². The van der Waals surface area contributed by atoms with Gasteiger partial charge in [0.15, 0.2) is 5.78 Å². The molecule has 7 heteroatoms. The number of nitrogens with zero attached hydrogens (tertiary/aromatic N) is 3. The van der Waals surface area contributed by atoms with Gasteiger partial charge in [-0.2, -0.15) is 4.39 Å². The minimum absolute atomic E-state index is 0.0492. The monoisotopic (exact) mass is 357 g/mol. The maximum Gasteiger partial charge on any atom is 0.213 e. The average molecular weight is 358 g/mol. The lowest BCUT2D eigenvalue weighted by molar-refractivity contribution is 0.0986. The third kappa shape index (κ3) is 4.58. The molecule has 0 aliphatic carbocycles. The number of Topliss-reactive ketones (excluding diaryl/α,β-unsaturated/α-hetero) is 1. The fourth-order valence-corrected chi connectivity index (χ4v) is 2.39. The Morgan fingerprint density at radius 1 is 1.16 bits per heavy atom. The molecule has 126 valence electrons. The molecule has 0 spiro atoms. The molecule has 0 radical (unpaired) electrons. The molecule has 0 aromatic carbocycles. The number of halogens is 2. The first-order valence-electron chi connectivity index (χ1n) is 7.41. The summed E-state index contributed by atoms with van der Waals surface area (Å²) in [5.41, 5.74) is 1.17. The molecule has 0 fully saturated rings. The molecule has 0 aliphatic heterocycles.